The smallest absolute Gasteiger partial charge is 0.340 e. The van der Waals surface area contributed by atoms with Crippen molar-refractivity contribution in [1.29, 1.82) is 0 Å². The maximum Gasteiger partial charge on any atom is 0.340 e. The van der Waals surface area contributed by atoms with Gasteiger partial charge in [-0.3, -0.25) is 4.79 Å². The van der Waals surface area contributed by atoms with E-state index in [2.05, 4.69) is 4.37 Å². The summed E-state index contributed by atoms with van der Waals surface area (Å²) in [5.41, 5.74) is 0.513. The second kappa shape index (κ2) is 6.46. The Morgan fingerprint density at radius 1 is 1.50 bits per heavy atom. The van der Waals surface area contributed by atoms with Crippen molar-refractivity contribution in [3.63, 3.8) is 0 Å². The van der Waals surface area contributed by atoms with Gasteiger partial charge in [0.25, 0.3) is 0 Å². The van der Waals surface area contributed by atoms with Crippen LogP contribution in [0.4, 0.5) is 5.00 Å². The molecule has 1 amide bonds. The van der Waals surface area contributed by atoms with Gasteiger partial charge in [-0.05, 0) is 25.4 Å². The summed E-state index contributed by atoms with van der Waals surface area (Å²) in [5, 5.41) is 9.45. The van der Waals surface area contributed by atoms with Crippen molar-refractivity contribution in [2.75, 3.05) is 25.2 Å². The summed E-state index contributed by atoms with van der Waals surface area (Å²) in [6.45, 7) is 4.35. The Morgan fingerprint density at radius 2 is 2.17 bits per heavy atom. The second-order valence-electron chi connectivity index (χ2n) is 3.65. The van der Waals surface area contributed by atoms with Crippen molar-refractivity contribution < 1.29 is 19.4 Å². The first-order chi connectivity index (χ1) is 8.49. The highest BCUT2D eigenvalue weighted by molar-refractivity contribution is 7.11. The summed E-state index contributed by atoms with van der Waals surface area (Å²) in [4.78, 5) is 24.3. The van der Waals surface area contributed by atoms with Crippen molar-refractivity contribution in [2.24, 2.45) is 0 Å². The van der Waals surface area contributed by atoms with Crippen LogP contribution < -0.4 is 4.90 Å². The normalized spacial score (nSPS) is 10.4. The predicted octanol–water partition coefficient (Wildman–Crippen LogP) is 1.54. The molecule has 0 aliphatic heterocycles. The summed E-state index contributed by atoms with van der Waals surface area (Å²) >= 11 is 1.01. The van der Waals surface area contributed by atoms with Crippen LogP contribution in [-0.2, 0) is 9.53 Å². The van der Waals surface area contributed by atoms with Crippen LogP contribution >= 0.6 is 11.5 Å². The quantitative estimate of drug-likeness (QED) is 0.794. The maximum absolute atomic E-state index is 11.8. The lowest BCUT2D eigenvalue weighted by Crippen LogP contribution is -2.27. The first-order valence-electron chi connectivity index (χ1n) is 5.52. The molecule has 1 aromatic heterocycles. The Morgan fingerprint density at radius 3 is 2.72 bits per heavy atom. The molecular weight excluding hydrogens is 256 g/mol. The molecule has 0 radical (unpaired) electrons. The van der Waals surface area contributed by atoms with Gasteiger partial charge >= 0.3 is 5.97 Å². The molecule has 1 aromatic rings. The molecule has 100 valence electrons. The van der Waals surface area contributed by atoms with Crippen LogP contribution in [0.15, 0.2) is 0 Å². The second-order valence-corrected chi connectivity index (χ2v) is 4.40. The Kier molecular flexibility index (Phi) is 5.24. The molecule has 0 saturated heterocycles. The molecule has 0 atom stereocenters. The van der Waals surface area contributed by atoms with Crippen LogP contribution in [0, 0.1) is 6.92 Å². The number of nitrogens with zero attached hydrogens (tertiary/aromatic N) is 2. The highest BCUT2D eigenvalue weighted by Crippen LogP contribution is 2.28. The zero-order chi connectivity index (χ0) is 13.7. The summed E-state index contributed by atoms with van der Waals surface area (Å²) in [7, 11) is 1.55. The number of rotatable bonds is 6. The molecule has 1 N–H and O–H groups in total. The number of carboxylic acids is 1. The number of hydrogen-bond donors (Lipinski definition) is 1. The average Bonchev–Trinajstić information content (AvgIpc) is 2.70. The third-order valence-corrected chi connectivity index (χ3v) is 3.42. The number of ether oxygens (including phenoxy) is 1. The molecule has 1 rings (SSSR count). The fraction of sp³-hybridized carbons (Fsp3) is 0.545. The Hall–Kier alpha value is -1.47. The highest BCUT2D eigenvalue weighted by atomic mass is 32.1. The molecule has 0 saturated carbocycles. The zero-order valence-electron chi connectivity index (χ0n) is 10.6. The number of aromatic carboxylic acids is 1. The van der Waals surface area contributed by atoms with Crippen LogP contribution in [0.2, 0.25) is 0 Å². The van der Waals surface area contributed by atoms with E-state index >= 15 is 0 Å². The van der Waals surface area contributed by atoms with Gasteiger partial charge in [-0.25, -0.2) is 4.79 Å². The average molecular weight is 272 g/mol. The van der Waals surface area contributed by atoms with Gasteiger partial charge in [0.15, 0.2) is 0 Å². The number of carbonyl (C=O) groups is 2. The van der Waals surface area contributed by atoms with Gasteiger partial charge in [0.2, 0.25) is 5.91 Å². The number of hydrogen-bond acceptors (Lipinski definition) is 5. The Bertz CT molecular complexity index is 444. The number of anilines is 1. The maximum atomic E-state index is 11.8. The van der Waals surface area contributed by atoms with Gasteiger partial charge in [-0.1, -0.05) is 0 Å². The van der Waals surface area contributed by atoms with Gasteiger partial charge in [-0.2, -0.15) is 4.37 Å². The van der Waals surface area contributed by atoms with E-state index in [0.29, 0.717) is 23.9 Å². The van der Waals surface area contributed by atoms with Crippen molar-refractivity contribution in [3.8, 4) is 0 Å². The van der Waals surface area contributed by atoms with E-state index < -0.39 is 5.97 Å². The van der Waals surface area contributed by atoms with Crippen LogP contribution in [0.3, 0.4) is 0 Å². The molecule has 18 heavy (non-hydrogen) atoms. The first kappa shape index (κ1) is 14.6. The summed E-state index contributed by atoms with van der Waals surface area (Å²) in [6, 6.07) is 0. The van der Waals surface area contributed by atoms with E-state index in [-0.39, 0.29) is 17.9 Å². The molecule has 1 heterocycles. The van der Waals surface area contributed by atoms with E-state index in [1.165, 1.54) is 4.90 Å². The third-order valence-electron chi connectivity index (χ3n) is 2.40. The molecule has 0 fully saturated rings. The highest BCUT2D eigenvalue weighted by Gasteiger charge is 2.23. The topological polar surface area (TPSA) is 79.7 Å². The Balaban J connectivity index is 2.80. The lowest BCUT2D eigenvalue weighted by molar-refractivity contribution is -0.119. The van der Waals surface area contributed by atoms with E-state index in [4.69, 9.17) is 9.84 Å². The van der Waals surface area contributed by atoms with E-state index in [1.807, 2.05) is 6.92 Å². The van der Waals surface area contributed by atoms with Crippen LogP contribution in [-0.4, -0.2) is 41.6 Å². The fourth-order valence-corrected chi connectivity index (χ4v) is 2.28. The van der Waals surface area contributed by atoms with Crippen molar-refractivity contribution in [3.05, 3.63) is 11.3 Å². The standard InChI is InChI=1S/C11H16N2O4S/c1-4-17-6-5-8(14)13(3)10-9(11(15)16)7(2)12-18-10/h4-6H2,1-3H3,(H,15,16). The van der Waals surface area contributed by atoms with Gasteiger partial charge in [-0.15, -0.1) is 0 Å². The Labute approximate surface area is 109 Å². The van der Waals surface area contributed by atoms with E-state index in [0.717, 1.165) is 11.5 Å². The summed E-state index contributed by atoms with van der Waals surface area (Å²) < 4.78 is 9.07. The summed E-state index contributed by atoms with van der Waals surface area (Å²) in [6.07, 6.45) is 0.223. The first-order valence-corrected chi connectivity index (χ1v) is 6.30. The molecule has 0 unspecified atom stereocenters. The van der Waals surface area contributed by atoms with Crippen molar-refractivity contribution in [2.45, 2.75) is 20.3 Å². The lowest BCUT2D eigenvalue weighted by Gasteiger charge is -2.15. The predicted molar refractivity (Wildman–Crippen MR) is 68.3 cm³/mol. The lowest BCUT2D eigenvalue weighted by atomic mass is 10.2. The minimum absolute atomic E-state index is 0.0901. The van der Waals surface area contributed by atoms with Crippen LogP contribution in [0.5, 0.6) is 0 Å². The van der Waals surface area contributed by atoms with Gasteiger partial charge in [0, 0.05) is 13.7 Å². The fourth-order valence-electron chi connectivity index (χ4n) is 1.42. The van der Waals surface area contributed by atoms with E-state index in [1.54, 1.807) is 14.0 Å². The minimum Gasteiger partial charge on any atom is -0.478 e. The molecule has 0 spiro atoms. The monoisotopic (exact) mass is 272 g/mol. The molecule has 0 bridgehead atoms. The number of carboxylic acid groups (broad SMARTS) is 1. The molecule has 0 aliphatic carbocycles. The van der Waals surface area contributed by atoms with Gasteiger partial charge in [0.1, 0.15) is 10.6 Å². The number of aryl methyl sites for hydroxylation is 1. The van der Waals surface area contributed by atoms with E-state index in [9.17, 15) is 9.59 Å². The largest absolute Gasteiger partial charge is 0.478 e. The molecular formula is C11H16N2O4S. The van der Waals surface area contributed by atoms with Gasteiger partial charge in [0.05, 0.1) is 18.7 Å². The van der Waals surface area contributed by atoms with Crippen molar-refractivity contribution in [1.82, 2.24) is 4.37 Å². The SMILES string of the molecule is CCOCCC(=O)N(C)c1snc(C)c1C(=O)O. The van der Waals surface area contributed by atoms with Gasteiger partial charge < -0.3 is 14.7 Å². The number of carbonyl (C=O) groups excluding carboxylic acids is 1. The van der Waals surface area contributed by atoms with Crippen molar-refractivity contribution >= 4 is 28.4 Å². The molecule has 7 heteroatoms. The number of aromatic nitrogens is 1. The summed E-state index contributed by atoms with van der Waals surface area (Å²) in [5.74, 6) is -1.25. The minimum atomic E-state index is -1.07. The third kappa shape index (κ3) is 3.27. The number of amides is 1. The van der Waals surface area contributed by atoms with Crippen LogP contribution in [0.1, 0.15) is 29.4 Å². The molecule has 0 aromatic carbocycles. The van der Waals surface area contributed by atoms with Crippen LogP contribution in [0.25, 0.3) is 0 Å². The zero-order valence-corrected chi connectivity index (χ0v) is 11.4. The molecule has 6 nitrogen and oxygen atoms in total. The molecule has 0 aliphatic rings.